The zero-order valence-electron chi connectivity index (χ0n) is 31.2. The van der Waals surface area contributed by atoms with Gasteiger partial charge in [0.1, 0.15) is 11.2 Å². The fourth-order valence-corrected chi connectivity index (χ4v) is 8.20. The highest BCUT2D eigenvalue weighted by Crippen LogP contribution is 2.45. The maximum absolute atomic E-state index is 6.85. The minimum Gasteiger partial charge on any atom is -0.455 e. The first-order chi connectivity index (χ1) is 27.6. The van der Waals surface area contributed by atoms with E-state index in [1.807, 2.05) is 30.4 Å². The summed E-state index contributed by atoms with van der Waals surface area (Å²) >= 11 is 0. The van der Waals surface area contributed by atoms with Crippen LogP contribution in [0.25, 0.3) is 68.1 Å². The van der Waals surface area contributed by atoms with Gasteiger partial charge < -0.3 is 9.32 Å². The summed E-state index contributed by atoms with van der Waals surface area (Å²) in [5.74, 6) is 0.271. The van der Waals surface area contributed by atoms with Crippen LogP contribution < -0.4 is 4.90 Å². The summed E-state index contributed by atoms with van der Waals surface area (Å²) in [6.45, 7) is 11.9. The predicted octanol–water partition coefficient (Wildman–Crippen LogP) is 15.3. The average molecular weight is 720 g/mol. The van der Waals surface area contributed by atoms with E-state index in [0.717, 1.165) is 78.6 Å². The van der Waals surface area contributed by atoms with Crippen LogP contribution in [0.2, 0.25) is 0 Å². The Bertz CT molecular complexity index is 2880. The first-order valence-electron chi connectivity index (χ1n) is 19.1. The first-order valence-corrected chi connectivity index (χ1v) is 19.1. The molecular weight excluding hydrogens is 679 g/mol. The van der Waals surface area contributed by atoms with Crippen LogP contribution in [-0.4, -0.2) is 0 Å². The van der Waals surface area contributed by atoms with Crippen LogP contribution in [0.1, 0.15) is 39.3 Å². The smallest absolute Gasteiger partial charge is 0.143 e. The second-order valence-corrected chi connectivity index (χ2v) is 14.2. The molecule has 1 atom stereocenters. The van der Waals surface area contributed by atoms with E-state index in [1.54, 1.807) is 6.08 Å². The van der Waals surface area contributed by atoms with Crippen molar-refractivity contribution in [1.82, 2.24) is 0 Å². The minimum absolute atomic E-state index is 0.271. The lowest BCUT2D eigenvalue weighted by Gasteiger charge is -2.29. The zero-order chi connectivity index (χ0) is 38.0. The average Bonchev–Trinajstić information content (AvgIpc) is 3.65. The van der Waals surface area contributed by atoms with Gasteiger partial charge in [-0.05, 0) is 81.6 Å². The van der Waals surface area contributed by atoms with Crippen molar-refractivity contribution in [2.24, 2.45) is 0 Å². The summed E-state index contributed by atoms with van der Waals surface area (Å²) in [5, 5.41) is 4.52. The van der Waals surface area contributed by atoms with Crippen molar-refractivity contribution >= 4 is 74.1 Å². The highest BCUT2D eigenvalue weighted by Gasteiger charge is 2.22. The van der Waals surface area contributed by atoms with E-state index in [1.165, 1.54) is 22.1 Å². The van der Waals surface area contributed by atoms with Crippen molar-refractivity contribution in [2.45, 2.75) is 12.3 Å². The van der Waals surface area contributed by atoms with E-state index in [2.05, 4.69) is 182 Å². The highest BCUT2D eigenvalue weighted by atomic mass is 16.3. The number of fused-ring (bicyclic) bond motifs is 6. The molecule has 1 unspecified atom stereocenters. The van der Waals surface area contributed by atoms with Gasteiger partial charge in [0.15, 0.2) is 0 Å². The molecular formula is C54H41NO. The third-order valence-electron chi connectivity index (χ3n) is 11.0. The van der Waals surface area contributed by atoms with Gasteiger partial charge in [-0.15, -0.1) is 0 Å². The molecule has 1 aromatic heterocycles. The van der Waals surface area contributed by atoms with Gasteiger partial charge in [0.05, 0.1) is 5.69 Å². The van der Waals surface area contributed by atoms with Gasteiger partial charge in [-0.3, -0.25) is 0 Å². The topological polar surface area (TPSA) is 16.4 Å². The molecule has 8 aromatic rings. The van der Waals surface area contributed by atoms with Crippen LogP contribution in [0.4, 0.5) is 17.1 Å². The molecule has 9 rings (SSSR count). The molecule has 0 N–H and O–H groups in total. The molecule has 56 heavy (non-hydrogen) atoms. The van der Waals surface area contributed by atoms with Crippen LogP contribution in [0.5, 0.6) is 0 Å². The second-order valence-electron chi connectivity index (χ2n) is 14.2. The Morgan fingerprint density at radius 2 is 1.32 bits per heavy atom. The van der Waals surface area contributed by atoms with Gasteiger partial charge in [-0.2, -0.15) is 0 Å². The Hall–Kier alpha value is -7.16. The van der Waals surface area contributed by atoms with Crippen molar-refractivity contribution in [1.29, 1.82) is 0 Å². The number of hydrogen-bond donors (Lipinski definition) is 0. The molecule has 1 aliphatic carbocycles. The monoisotopic (exact) mass is 719 g/mol. The summed E-state index contributed by atoms with van der Waals surface area (Å²) in [6.07, 6.45) is 19.2. The number of nitrogens with zero attached hydrogens (tertiary/aromatic N) is 1. The third-order valence-corrected chi connectivity index (χ3v) is 11.0. The summed E-state index contributed by atoms with van der Waals surface area (Å²) in [6, 6.07) is 50.2. The van der Waals surface area contributed by atoms with Gasteiger partial charge >= 0.3 is 0 Å². The van der Waals surface area contributed by atoms with Gasteiger partial charge in [-0.25, -0.2) is 0 Å². The first kappa shape index (κ1) is 34.6. The fourth-order valence-electron chi connectivity index (χ4n) is 8.20. The van der Waals surface area contributed by atoms with Crippen molar-refractivity contribution in [2.75, 3.05) is 4.90 Å². The Kier molecular flexibility index (Phi) is 9.23. The van der Waals surface area contributed by atoms with E-state index in [-0.39, 0.29) is 5.92 Å². The summed E-state index contributed by atoms with van der Waals surface area (Å²) < 4.78 is 6.85. The molecule has 0 spiro atoms. The lowest BCUT2D eigenvalue weighted by atomic mass is 9.82. The molecule has 7 aromatic carbocycles. The summed E-state index contributed by atoms with van der Waals surface area (Å²) in [5.41, 5.74) is 14.4. The van der Waals surface area contributed by atoms with E-state index < -0.39 is 0 Å². The van der Waals surface area contributed by atoms with Gasteiger partial charge in [0.25, 0.3) is 0 Å². The van der Waals surface area contributed by atoms with Crippen LogP contribution in [-0.2, 0) is 6.42 Å². The molecule has 0 amide bonds. The van der Waals surface area contributed by atoms with E-state index >= 15 is 0 Å². The van der Waals surface area contributed by atoms with Gasteiger partial charge in [-0.1, -0.05) is 178 Å². The predicted molar refractivity (Wildman–Crippen MR) is 242 cm³/mol. The normalized spacial score (nSPS) is 13.8. The van der Waals surface area contributed by atoms with Crippen molar-refractivity contribution in [3.05, 3.63) is 223 Å². The second kappa shape index (κ2) is 14.9. The Labute approximate surface area is 328 Å². The number of para-hydroxylation sites is 2. The molecule has 0 aliphatic heterocycles. The number of hydrogen-bond acceptors (Lipinski definition) is 2. The molecule has 0 bridgehead atoms. The van der Waals surface area contributed by atoms with E-state index in [4.69, 9.17) is 4.42 Å². The standard InChI is InChI=1S/C54H41NO/c1-4-7-8-9-15-37-22-30-43(31-23-37)55(44-32-26-39(27-33-44)41-29-34-46-42(36-41)25-24-38(5-2)45(46)6-3)52-21-13-12-18-48(52)49-19-14-20-50-51-35-28-40-16-10-11-17-47(40)53(51)56-54(49)50/h4-35,41H,1-3,36H2/b8-7-,15-9+. The van der Waals surface area contributed by atoms with Gasteiger partial charge in [0.2, 0.25) is 0 Å². The van der Waals surface area contributed by atoms with Crippen LogP contribution >= 0.6 is 0 Å². The number of furan rings is 1. The van der Waals surface area contributed by atoms with Crippen molar-refractivity contribution in [3.8, 4) is 11.1 Å². The number of anilines is 3. The summed E-state index contributed by atoms with van der Waals surface area (Å²) in [7, 11) is 0. The summed E-state index contributed by atoms with van der Waals surface area (Å²) in [4.78, 5) is 2.36. The number of rotatable bonds is 10. The van der Waals surface area contributed by atoms with E-state index in [0.29, 0.717) is 0 Å². The molecule has 0 saturated carbocycles. The van der Waals surface area contributed by atoms with Crippen molar-refractivity contribution in [3.63, 3.8) is 0 Å². The minimum atomic E-state index is 0.271. The maximum atomic E-state index is 6.85. The van der Waals surface area contributed by atoms with Crippen LogP contribution in [0.3, 0.4) is 0 Å². The van der Waals surface area contributed by atoms with Crippen LogP contribution in [0.15, 0.2) is 194 Å². The van der Waals surface area contributed by atoms with E-state index in [9.17, 15) is 0 Å². The zero-order valence-corrected chi connectivity index (χ0v) is 31.2. The Balaban J connectivity index is 1.15. The highest BCUT2D eigenvalue weighted by molar-refractivity contribution is 6.17. The van der Waals surface area contributed by atoms with Gasteiger partial charge in [0, 0.05) is 44.6 Å². The quantitative estimate of drug-likeness (QED) is 0.131. The SMILES string of the molecule is C=C/C=C\C=C\c1ccc(N(c2ccc(C3C=Cc4c(ccc(C=C)c4C=C)C3)cc2)c2ccccc2-c2cccc3c2oc2c4ccccc4ccc32)cc1. The number of allylic oxidation sites excluding steroid dienone is 5. The molecule has 2 heteroatoms. The third kappa shape index (κ3) is 6.22. The molecule has 1 heterocycles. The molecule has 0 fully saturated rings. The Morgan fingerprint density at radius 3 is 2.12 bits per heavy atom. The number of benzene rings is 7. The molecule has 0 saturated heterocycles. The largest absolute Gasteiger partial charge is 0.455 e. The lowest BCUT2D eigenvalue weighted by molar-refractivity contribution is 0.674. The molecule has 268 valence electrons. The molecule has 1 aliphatic rings. The maximum Gasteiger partial charge on any atom is 0.143 e. The Morgan fingerprint density at radius 1 is 0.589 bits per heavy atom. The molecule has 0 radical (unpaired) electrons. The fraction of sp³-hybridized carbons (Fsp3) is 0.0370. The van der Waals surface area contributed by atoms with Crippen LogP contribution in [0, 0.1) is 0 Å². The lowest BCUT2D eigenvalue weighted by Crippen LogP contribution is -2.12. The van der Waals surface area contributed by atoms with Crippen molar-refractivity contribution < 1.29 is 4.42 Å². The molecule has 2 nitrogen and oxygen atoms in total.